The number of allylic oxidation sites excluding steroid dienone is 1. The van der Waals surface area contributed by atoms with Crippen molar-refractivity contribution in [3.05, 3.63) is 48.0 Å². The van der Waals surface area contributed by atoms with Crippen LogP contribution < -0.4 is 11.1 Å². The van der Waals surface area contributed by atoms with Gasteiger partial charge >= 0.3 is 0 Å². The molecule has 2 atom stereocenters. The molecule has 0 fully saturated rings. The minimum Gasteiger partial charge on any atom is -0.356 e. The second-order valence-corrected chi connectivity index (χ2v) is 5.22. The molecule has 0 heterocycles. The van der Waals surface area contributed by atoms with E-state index >= 15 is 0 Å². The Bertz CT molecular complexity index is 481. The number of Topliss-reactive ketones (excluding diaryl/α,β-unsaturated/α-hetero) is 1. The van der Waals surface area contributed by atoms with Crippen LogP contribution in [0, 0.1) is 5.92 Å². The van der Waals surface area contributed by atoms with Gasteiger partial charge in [-0.3, -0.25) is 9.59 Å². The summed E-state index contributed by atoms with van der Waals surface area (Å²) in [5, 5.41) is 2.53. The van der Waals surface area contributed by atoms with Gasteiger partial charge in [-0.1, -0.05) is 36.4 Å². The predicted molar refractivity (Wildman–Crippen MR) is 84.7 cm³/mol. The van der Waals surface area contributed by atoms with Crippen LogP contribution in [-0.2, 0) is 16.0 Å². The molecule has 4 heteroatoms. The van der Waals surface area contributed by atoms with E-state index in [9.17, 15) is 9.59 Å². The molecular weight excluding hydrogens is 264 g/mol. The quantitative estimate of drug-likeness (QED) is 0.717. The van der Waals surface area contributed by atoms with Gasteiger partial charge in [0.05, 0.1) is 6.04 Å². The summed E-state index contributed by atoms with van der Waals surface area (Å²) in [4.78, 5) is 23.1. The number of likely N-dealkylation sites (N-methyl/N-ethyl adjacent to an activating group) is 1. The molecule has 0 spiro atoms. The summed E-state index contributed by atoms with van der Waals surface area (Å²) in [5.74, 6) is -0.108. The van der Waals surface area contributed by atoms with Crippen LogP contribution in [0.5, 0.6) is 0 Å². The number of carbonyl (C=O) groups excluding carboxylic acids is 2. The fraction of sp³-hybridized carbons (Fsp3) is 0.412. The van der Waals surface area contributed by atoms with Gasteiger partial charge in [-0.2, -0.15) is 0 Å². The number of nitrogens with one attached hydrogen (secondary N) is 1. The average Bonchev–Trinajstić information content (AvgIpc) is 2.50. The maximum Gasteiger partial charge on any atom is 0.243 e. The smallest absolute Gasteiger partial charge is 0.243 e. The zero-order chi connectivity index (χ0) is 15.7. The van der Waals surface area contributed by atoms with Gasteiger partial charge in [0.15, 0.2) is 0 Å². The third kappa shape index (κ3) is 6.86. The highest BCUT2D eigenvalue weighted by Crippen LogP contribution is 2.16. The minimum absolute atomic E-state index is 0.0228. The summed E-state index contributed by atoms with van der Waals surface area (Å²) in [5.41, 5.74) is 6.85. The number of benzene rings is 1. The molecule has 114 valence electrons. The van der Waals surface area contributed by atoms with E-state index in [-0.39, 0.29) is 17.6 Å². The minimum atomic E-state index is -0.461. The molecule has 4 nitrogen and oxygen atoms in total. The molecule has 0 aliphatic carbocycles. The third-order valence-electron chi connectivity index (χ3n) is 3.38. The summed E-state index contributed by atoms with van der Waals surface area (Å²) >= 11 is 0. The standard InChI is InChI=1S/C17H24N2O2/c1-13(18)16(20)12-15(10-11-17(21)19-2)9-8-14-6-4-3-5-7-14/h3-7,10-11,13,15H,8-9,12,18H2,1-2H3,(H,19,21)/b11-10+/t13-,15-/m0/s1. The number of hydrogen-bond acceptors (Lipinski definition) is 3. The lowest BCUT2D eigenvalue weighted by Gasteiger charge is -2.13. The Hall–Kier alpha value is -1.94. The fourth-order valence-electron chi connectivity index (χ4n) is 2.01. The van der Waals surface area contributed by atoms with Gasteiger partial charge in [-0.05, 0) is 37.3 Å². The first-order valence-corrected chi connectivity index (χ1v) is 7.25. The van der Waals surface area contributed by atoms with Gasteiger partial charge in [0.2, 0.25) is 5.91 Å². The molecule has 1 amide bonds. The molecule has 0 aliphatic heterocycles. The van der Waals surface area contributed by atoms with Crippen molar-refractivity contribution in [3.63, 3.8) is 0 Å². The van der Waals surface area contributed by atoms with Crippen LogP contribution in [0.3, 0.4) is 0 Å². The van der Waals surface area contributed by atoms with E-state index in [4.69, 9.17) is 5.73 Å². The molecule has 0 saturated heterocycles. The molecule has 0 saturated carbocycles. The van der Waals surface area contributed by atoms with Crippen molar-refractivity contribution < 1.29 is 9.59 Å². The van der Waals surface area contributed by atoms with Crippen molar-refractivity contribution >= 4 is 11.7 Å². The molecule has 1 aromatic rings. The third-order valence-corrected chi connectivity index (χ3v) is 3.38. The highest BCUT2D eigenvalue weighted by molar-refractivity contribution is 5.87. The second-order valence-electron chi connectivity index (χ2n) is 5.22. The van der Waals surface area contributed by atoms with Gasteiger partial charge in [-0.15, -0.1) is 0 Å². The van der Waals surface area contributed by atoms with Crippen molar-refractivity contribution in [1.29, 1.82) is 0 Å². The molecule has 0 unspecified atom stereocenters. The van der Waals surface area contributed by atoms with Crippen LogP contribution in [0.15, 0.2) is 42.5 Å². The largest absolute Gasteiger partial charge is 0.356 e. The average molecular weight is 288 g/mol. The highest BCUT2D eigenvalue weighted by atomic mass is 16.1. The predicted octanol–water partition coefficient (Wildman–Crippen LogP) is 1.84. The zero-order valence-electron chi connectivity index (χ0n) is 12.7. The highest BCUT2D eigenvalue weighted by Gasteiger charge is 2.14. The topological polar surface area (TPSA) is 72.2 Å². The van der Waals surface area contributed by atoms with Crippen molar-refractivity contribution in [2.75, 3.05) is 7.05 Å². The molecule has 21 heavy (non-hydrogen) atoms. The number of ketones is 1. The van der Waals surface area contributed by atoms with E-state index in [1.165, 1.54) is 11.6 Å². The van der Waals surface area contributed by atoms with E-state index < -0.39 is 6.04 Å². The Morgan fingerprint density at radius 1 is 1.29 bits per heavy atom. The maximum atomic E-state index is 11.8. The molecule has 3 N–H and O–H groups in total. The number of amides is 1. The number of rotatable bonds is 8. The normalized spacial score (nSPS) is 13.9. The second kappa shape index (κ2) is 9.08. The van der Waals surface area contributed by atoms with E-state index in [2.05, 4.69) is 17.4 Å². The van der Waals surface area contributed by atoms with Crippen LogP contribution in [-0.4, -0.2) is 24.8 Å². The van der Waals surface area contributed by atoms with Crippen LogP contribution in [0.25, 0.3) is 0 Å². The van der Waals surface area contributed by atoms with E-state index in [1.807, 2.05) is 24.3 Å². The fourth-order valence-corrected chi connectivity index (χ4v) is 2.01. The Morgan fingerprint density at radius 3 is 2.52 bits per heavy atom. The molecule has 1 rings (SSSR count). The molecule has 0 aromatic heterocycles. The molecule has 1 aromatic carbocycles. The monoisotopic (exact) mass is 288 g/mol. The molecular formula is C17H24N2O2. The lowest BCUT2D eigenvalue weighted by atomic mass is 9.92. The lowest BCUT2D eigenvalue weighted by Crippen LogP contribution is -2.28. The molecule has 0 radical (unpaired) electrons. The van der Waals surface area contributed by atoms with Crippen LogP contribution in [0.1, 0.15) is 25.3 Å². The summed E-state index contributed by atoms with van der Waals surface area (Å²) < 4.78 is 0. The Balaban J connectivity index is 2.64. The van der Waals surface area contributed by atoms with Gasteiger partial charge < -0.3 is 11.1 Å². The number of hydrogen-bond donors (Lipinski definition) is 2. The van der Waals surface area contributed by atoms with Crippen molar-refractivity contribution in [2.24, 2.45) is 11.7 Å². The lowest BCUT2D eigenvalue weighted by molar-refractivity contribution is -0.120. The Morgan fingerprint density at radius 2 is 1.95 bits per heavy atom. The van der Waals surface area contributed by atoms with Crippen molar-refractivity contribution in [3.8, 4) is 0 Å². The summed E-state index contributed by atoms with van der Waals surface area (Å²) in [6, 6.07) is 9.64. The van der Waals surface area contributed by atoms with Gasteiger partial charge in [-0.25, -0.2) is 0 Å². The van der Waals surface area contributed by atoms with E-state index in [0.717, 1.165) is 12.8 Å². The summed E-state index contributed by atoms with van der Waals surface area (Å²) in [6.45, 7) is 1.69. The summed E-state index contributed by atoms with van der Waals surface area (Å²) in [7, 11) is 1.58. The van der Waals surface area contributed by atoms with Gasteiger partial charge in [0.1, 0.15) is 5.78 Å². The number of aryl methyl sites for hydroxylation is 1. The first-order chi connectivity index (χ1) is 10.0. The summed E-state index contributed by atoms with van der Waals surface area (Å²) in [6.07, 6.45) is 5.36. The first kappa shape index (κ1) is 17.1. The number of carbonyl (C=O) groups is 2. The van der Waals surface area contributed by atoms with Crippen molar-refractivity contribution in [1.82, 2.24) is 5.32 Å². The first-order valence-electron chi connectivity index (χ1n) is 7.25. The van der Waals surface area contributed by atoms with Gasteiger partial charge in [0, 0.05) is 13.5 Å². The van der Waals surface area contributed by atoms with Crippen molar-refractivity contribution in [2.45, 2.75) is 32.2 Å². The van der Waals surface area contributed by atoms with Gasteiger partial charge in [0.25, 0.3) is 0 Å². The zero-order valence-corrected chi connectivity index (χ0v) is 12.7. The van der Waals surface area contributed by atoms with E-state index in [1.54, 1.807) is 14.0 Å². The molecule has 0 aliphatic rings. The van der Waals surface area contributed by atoms with Crippen LogP contribution >= 0.6 is 0 Å². The Kier molecular flexibility index (Phi) is 7.40. The number of nitrogens with two attached hydrogens (primary N) is 1. The molecule has 0 bridgehead atoms. The van der Waals surface area contributed by atoms with E-state index in [0.29, 0.717) is 6.42 Å². The maximum absolute atomic E-state index is 11.8. The van der Waals surface area contributed by atoms with Crippen LogP contribution in [0.4, 0.5) is 0 Å². The van der Waals surface area contributed by atoms with Crippen LogP contribution in [0.2, 0.25) is 0 Å². The Labute approximate surface area is 126 Å². The SMILES string of the molecule is CNC(=O)/C=C/[C@H](CCc1ccccc1)CC(=O)[C@H](C)N.